The fourth-order valence-corrected chi connectivity index (χ4v) is 3.13. The number of benzene rings is 2. The average molecular weight is 312 g/mol. The van der Waals surface area contributed by atoms with E-state index in [4.69, 9.17) is 0 Å². The summed E-state index contributed by atoms with van der Waals surface area (Å²) in [7, 11) is 0. The van der Waals surface area contributed by atoms with Gasteiger partial charge in [0.25, 0.3) is 5.92 Å². The third-order valence-corrected chi connectivity index (χ3v) is 4.35. The van der Waals surface area contributed by atoms with Crippen molar-refractivity contribution in [3.63, 3.8) is 0 Å². The van der Waals surface area contributed by atoms with Crippen molar-refractivity contribution < 1.29 is 8.78 Å². The van der Waals surface area contributed by atoms with E-state index >= 15 is 0 Å². The number of fused-ring (bicyclic) bond motifs is 1. The summed E-state index contributed by atoms with van der Waals surface area (Å²) >= 11 is 0. The first-order valence-electron chi connectivity index (χ1n) is 7.67. The lowest BCUT2D eigenvalue weighted by atomic mass is 9.73. The van der Waals surface area contributed by atoms with Gasteiger partial charge >= 0.3 is 0 Å². The Labute approximate surface area is 134 Å². The third kappa shape index (κ3) is 2.69. The largest absolute Gasteiger partial charge is 0.296 e. The first-order valence-corrected chi connectivity index (χ1v) is 7.67. The topological polar surface area (TPSA) is 24.7 Å². The quantitative estimate of drug-likeness (QED) is 0.502. The molecular formula is C19H18F2N2. The van der Waals surface area contributed by atoms with Gasteiger partial charge in [-0.3, -0.25) is 0 Å². The van der Waals surface area contributed by atoms with Crippen LogP contribution >= 0.6 is 0 Å². The number of hydrogen-bond donors (Lipinski definition) is 0. The Morgan fingerprint density at radius 1 is 1.04 bits per heavy atom. The second kappa shape index (κ2) is 6.03. The van der Waals surface area contributed by atoms with Crippen LogP contribution in [0.2, 0.25) is 0 Å². The lowest BCUT2D eigenvalue weighted by molar-refractivity contribution is -0.0405. The minimum atomic E-state index is -3.16. The van der Waals surface area contributed by atoms with E-state index in [1.165, 1.54) is 0 Å². The Kier molecular flexibility index (Phi) is 4.07. The highest BCUT2D eigenvalue weighted by Crippen LogP contribution is 2.50. The summed E-state index contributed by atoms with van der Waals surface area (Å²) in [4.78, 5) is 0. The molecule has 0 saturated carbocycles. The van der Waals surface area contributed by atoms with Crippen LogP contribution in [0.25, 0.3) is 0 Å². The molecule has 118 valence electrons. The Balaban J connectivity index is 2.14. The molecule has 1 atom stereocenters. The molecule has 0 N–H and O–H groups in total. The molecular weight excluding hydrogens is 294 g/mol. The van der Waals surface area contributed by atoms with Crippen molar-refractivity contribution in [2.45, 2.75) is 30.7 Å². The fourth-order valence-electron chi connectivity index (χ4n) is 3.13. The number of rotatable bonds is 4. The predicted octanol–water partition coefficient (Wildman–Crippen LogP) is 5.82. The molecule has 0 aromatic heterocycles. The van der Waals surface area contributed by atoms with Crippen LogP contribution in [0.4, 0.5) is 14.5 Å². The molecule has 0 amide bonds. The number of nitrogens with zero attached hydrogens (tertiary/aromatic N) is 2. The molecule has 2 aromatic rings. The van der Waals surface area contributed by atoms with Gasteiger partial charge in [0.05, 0.1) is 5.69 Å². The molecule has 0 aliphatic heterocycles. The van der Waals surface area contributed by atoms with E-state index in [2.05, 4.69) is 16.8 Å². The molecule has 0 heterocycles. The summed E-state index contributed by atoms with van der Waals surface area (Å²) in [6, 6.07) is 16.2. The summed E-state index contributed by atoms with van der Waals surface area (Å²) in [6.07, 6.45) is 2.37. The van der Waals surface area contributed by atoms with Crippen molar-refractivity contribution in [2.75, 3.05) is 0 Å². The third-order valence-electron chi connectivity index (χ3n) is 4.35. The van der Waals surface area contributed by atoms with E-state index in [0.29, 0.717) is 23.7 Å². The highest BCUT2D eigenvalue weighted by atomic mass is 19.3. The van der Waals surface area contributed by atoms with Crippen LogP contribution in [0.3, 0.4) is 0 Å². The van der Waals surface area contributed by atoms with Gasteiger partial charge in [0.15, 0.2) is 5.54 Å². The molecule has 0 radical (unpaired) electrons. The summed E-state index contributed by atoms with van der Waals surface area (Å²) < 4.78 is 29.6. The highest BCUT2D eigenvalue weighted by Gasteiger charge is 2.55. The molecule has 4 heteroatoms. The monoisotopic (exact) mass is 312 g/mol. The van der Waals surface area contributed by atoms with Crippen molar-refractivity contribution in [2.24, 2.45) is 10.2 Å². The average Bonchev–Trinajstić information content (AvgIpc) is 2.60. The van der Waals surface area contributed by atoms with Crippen LogP contribution in [-0.4, -0.2) is 5.92 Å². The standard InChI is InChI=1S/C19H18F2N2/c1-2-19(20,21)18(23-22-16-11-4-3-5-12-16)14-8-10-15-9-6-7-13-17(15)18/h2-7,9,11-13H,1,8,10,14H2/t18-/m0/s1. The number of azo groups is 1. The SMILES string of the molecule is C=CC(F)(F)[C@]1(N=Nc2ccccc2)CCCc2ccccc21. The normalized spacial score (nSPS) is 21.1. The van der Waals surface area contributed by atoms with Crippen molar-refractivity contribution in [3.8, 4) is 0 Å². The molecule has 23 heavy (non-hydrogen) atoms. The lowest BCUT2D eigenvalue weighted by Gasteiger charge is -2.39. The molecule has 1 aliphatic carbocycles. The Morgan fingerprint density at radius 3 is 2.48 bits per heavy atom. The molecule has 0 bridgehead atoms. The Bertz CT molecular complexity index is 725. The molecule has 3 rings (SSSR count). The van der Waals surface area contributed by atoms with Crippen LogP contribution in [-0.2, 0) is 12.0 Å². The fraction of sp³-hybridized carbons (Fsp3) is 0.263. The Morgan fingerprint density at radius 2 is 1.74 bits per heavy atom. The number of halogens is 2. The maximum Gasteiger partial charge on any atom is 0.296 e. The second-order valence-electron chi connectivity index (χ2n) is 5.73. The Hall–Kier alpha value is -2.36. The zero-order valence-electron chi connectivity index (χ0n) is 12.8. The van der Waals surface area contributed by atoms with Crippen LogP contribution in [0.15, 0.2) is 77.5 Å². The zero-order valence-corrected chi connectivity index (χ0v) is 12.8. The van der Waals surface area contributed by atoms with E-state index in [-0.39, 0.29) is 6.42 Å². The summed E-state index contributed by atoms with van der Waals surface area (Å²) in [5.41, 5.74) is 0.345. The van der Waals surface area contributed by atoms with Crippen molar-refractivity contribution in [1.29, 1.82) is 0 Å². The van der Waals surface area contributed by atoms with Crippen LogP contribution in [0, 0.1) is 0 Å². The number of alkyl halides is 2. The van der Waals surface area contributed by atoms with E-state index < -0.39 is 11.5 Å². The molecule has 2 aromatic carbocycles. The van der Waals surface area contributed by atoms with Crippen LogP contribution in [0.1, 0.15) is 24.0 Å². The van der Waals surface area contributed by atoms with Crippen molar-refractivity contribution >= 4 is 5.69 Å². The molecule has 0 spiro atoms. The van der Waals surface area contributed by atoms with E-state index in [9.17, 15) is 8.78 Å². The second-order valence-corrected chi connectivity index (χ2v) is 5.73. The zero-order chi connectivity index (χ0) is 16.3. The summed E-state index contributed by atoms with van der Waals surface area (Å²) in [6.45, 7) is 3.33. The first kappa shape index (κ1) is 15.5. The van der Waals surface area contributed by atoms with Gasteiger partial charge in [-0.15, -0.1) is 0 Å². The molecule has 0 saturated heterocycles. The van der Waals surface area contributed by atoms with E-state index in [0.717, 1.165) is 12.0 Å². The number of aryl methyl sites for hydroxylation is 1. The van der Waals surface area contributed by atoms with Crippen molar-refractivity contribution in [1.82, 2.24) is 0 Å². The van der Waals surface area contributed by atoms with Crippen LogP contribution in [0.5, 0.6) is 0 Å². The van der Waals surface area contributed by atoms with E-state index in [1.54, 1.807) is 24.3 Å². The lowest BCUT2D eigenvalue weighted by Crippen LogP contribution is -2.44. The highest BCUT2D eigenvalue weighted by molar-refractivity contribution is 5.41. The summed E-state index contributed by atoms with van der Waals surface area (Å²) in [5, 5.41) is 8.28. The van der Waals surface area contributed by atoms with Gasteiger partial charge in [-0.25, -0.2) is 0 Å². The van der Waals surface area contributed by atoms with Crippen LogP contribution < -0.4 is 0 Å². The van der Waals surface area contributed by atoms with Crippen molar-refractivity contribution in [3.05, 3.63) is 78.4 Å². The summed E-state index contributed by atoms with van der Waals surface area (Å²) in [5.74, 6) is -3.16. The smallest absolute Gasteiger partial charge is 0.199 e. The minimum absolute atomic E-state index is 0.249. The van der Waals surface area contributed by atoms with Gasteiger partial charge in [0.1, 0.15) is 0 Å². The minimum Gasteiger partial charge on any atom is -0.199 e. The van der Waals surface area contributed by atoms with Gasteiger partial charge in [0, 0.05) is 0 Å². The molecule has 0 fully saturated rings. The van der Waals surface area contributed by atoms with Gasteiger partial charge < -0.3 is 0 Å². The molecule has 2 nitrogen and oxygen atoms in total. The maximum absolute atomic E-state index is 14.8. The molecule has 1 aliphatic rings. The number of hydrogen-bond acceptors (Lipinski definition) is 2. The predicted molar refractivity (Wildman–Crippen MR) is 87.2 cm³/mol. The van der Waals surface area contributed by atoms with Gasteiger partial charge in [-0.2, -0.15) is 19.0 Å². The van der Waals surface area contributed by atoms with Gasteiger partial charge in [-0.05, 0) is 48.6 Å². The molecule has 0 unspecified atom stereocenters. The van der Waals surface area contributed by atoms with Gasteiger partial charge in [-0.1, -0.05) is 49.0 Å². The van der Waals surface area contributed by atoms with E-state index in [1.807, 2.05) is 30.3 Å². The maximum atomic E-state index is 14.8. The first-order chi connectivity index (χ1) is 11.1. The van der Waals surface area contributed by atoms with Gasteiger partial charge in [0.2, 0.25) is 0 Å².